The monoisotopic (exact) mass is 380 g/mol. The number of rotatable bonds is 17. The standard InChI is InChI=1S/C27H56/c1-10-13-18-27(21(4)5)25(9)20-24(8)26(12-3)17-15-14-16-23(7)19-22(6)11-2/h21-27H,10-20H2,1-9H3. The van der Waals surface area contributed by atoms with Crippen LogP contribution in [-0.4, -0.2) is 0 Å². The molecule has 27 heavy (non-hydrogen) atoms. The zero-order valence-electron chi connectivity index (χ0n) is 20.8. The molecule has 0 spiro atoms. The van der Waals surface area contributed by atoms with Gasteiger partial charge < -0.3 is 0 Å². The van der Waals surface area contributed by atoms with Gasteiger partial charge in [0.15, 0.2) is 0 Å². The maximum atomic E-state index is 2.55. The summed E-state index contributed by atoms with van der Waals surface area (Å²) in [7, 11) is 0. The van der Waals surface area contributed by atoms with E-state index in [4.69, 9.17) is 0 Å². The van der Waals surface area contributed by atoms with Crippen molar-refractivity contribution in [1.29, 1.82) is 0 Å². The van der Waals surface area contributed by atoms with Crippen molar-refractivity contribution in [3.8, 4) is 0 Å². The van der Waals surface area contributed by atoms with Crippen molar-refractivity contribution in [1.82, 2.24) is 0 Å². The minimum absolute atomic E-state index is 0.839. The van der Waals surface area contributed by atoms with E-state index in [1.54, 1.807) is 0 Å². The molecular weight excluding hydrogens is 324 g/mol. The zero-order chi connectivity index (χ0) is 20.8. The van der Waals surface area contributed by atoms with E-state index in [9.17, 15) is 0 Å². The lowest BCUT2D eigenvalue weighted by molar-refractivity contribution is 0.182. The molecule has 0 rings (SSSR count). The van der Waals surface area contributed by atoms with Crippen LogP contribution in [-0.2, 0) is 0 Å². The van der Waals surface area contributed by atoms with Gasteiger partial charge in [0.25, 0.3) is 0 Å². The van der Waals surface area contributed by atoms with E-state index in [0.29, 0.717) is 0 Å². The Balaban J connectivity index is 4.30. The maximum absolute atomic E-state index is 2.55. The Morgan fingerprint density at radius 2 is 1.19 bits per heavy atom. The van der Waals surface area contributed by atoms with Crippen LogP contribution >= 0.6 is 0 Å². The molecule has 0 aliphatic carbocycles. The summed E-state index contributed by atoms with van der Waals surface area (Å²) >= 11 is 0. The molecule has 0 aromatic rings. The van der Waals surface area contributed by atoms with Gasteiger partial charge in [0.2, 0.25) is 0 Å². The molecule has 0 radical (unpaired) electrons. The molecule has 0 amide bonds. The molecule has 0 aliphatic heterocycles. The lowest BCUT2D eigenvalue weighted by atomic mass is 9.74. The SMILES string of the molecule is CCCCC(C(C)C)C(C)CC(C)C(CC)CCCCC(C)CC(C)CC. The van der Waals surface area contributed by atoms with Gasteiger partial charge in [-0.1, -0.05) is 114 Å². The molecule has 0 aliphatic rings. The highest BCUT2D eigenvalue weighted by Gasteiger charge is 2.25. The summed E-state index contributed by atoms with van der Waals surface area (Å²) < 4.78 is 0. The summed E-state index contributed by atoms with van der Waals surface area (Å²) in [4.78, 5) is 0. The average Bonchev–Trinajstić information content (AvgIpc) is 2.61. The Morgan fingerprint density at radius 1 is 0.556 bits per heavy atom. The summed E-state index contributed by atoms with van der Waals surface area (Å²) in [5.41, 5.74) is 0. The fourth-order valence-electron chi connectivity index (χ4n) is 5.43. The van der Waals surface area contributed by atoms with Gasteiger partial charge in [-0.25, -0.2) is 0 Å². The summed E-state index contributed by atoms with van der Waals surface area (Å²) in [5, 5.41) is 0. The first kappa shape index (κ1) is 27.0. The topological polar surface area (TPSA) is 0 Å². The first-order valence-corrected chi connectivity index (χ1v) is 12.8. The molecule has 6 unspecified atom stereocenters. The second kappa shape index (κ2) is 15.9. The third-order valence-corrected chi connectivity index (χ3v) is 7.57. The van der Waals surface area contributed by atoms with Crippen LogP contribution in [0.15, 0.2) is 0 Å². The van der Waals surface area contributed by atoms with Crippen LogP contribution in [0.4, 0.5) is 0 Å². The third-order valence-electron chi connectivity index (χ3n) is 7.57. The van der Waals surface area contributed by atoms with Gasteiger partial charge in [-0.2, -0.15) is 0 Å². The van der Waals surface area contributed by atoms with Crippen molar-refractivity contribution in [2.75, 3.05) is 0 Å². The average molecular weight is 381 g/mol. The van der Waals surface area contributed by atoms with Crippen LogP contribution in [0.1, 0.15) is 133 Å². The van der Waals surface area contributed by atoms with Crippen molar-refractivity contribution >= 4 is 0 Å². The van der Waals surface area contributed by atoms with Crippen LogP contribution in [0.5, 0.6) is 0 Å². The molecular formula is C27H56. The van der Waals surface area contributed by atoms with Crippen molar-refractivity contribution in [3.63, 3.8) is 0 Å². The van der Waals surface area contributed by atoms with E-state index in [-0.39, 0.29) is 0 Å². The van der Waals surface area contributed by atoms with E-state index < -0.39 is 0 Å². The fourth-order valence-corrected chi connectivity index (χ4v) is 5.43. The van der Waals surface area contributed by atoms with E-state index >= 15 is 0 Å². The summed E-state index contributed by atoms with van der Waals surface area (Å²) in [6.45, 7) is 22.0. The predicted octanol–water partition coefficient (Wildman–Crippen LogP) is 9.77. The normalized spacial score (nSPS) is 18.9. The molecule has 0 N–H and O–H groups in total. The Hall–Kier alpha value is 0. The maximum Gasteiger partial charge on any atom is -0.0365 e. The Morgan fingerprint density at radius 3 is 1.70 bits per heavy atom. The summed E-state index contributed by atoms with van der Waals surface area (Å²) in [5.74, 6) is 6.31. The second-order valence-electron chi connectivity index (χ2n) is 10.5. The molecule has 0 bridgehead atoms. The number of hydrogen-bond acceptors (Lipinski definition) is 0. The van der Waals surface area contributed by atoms with Gasteiger partial charge in [-0.15, -0.1) is 0 Å². The van der Waals surface area contributed by atoms with Gasteiger partial charge in [-0.05, 0) is 60.7 Å². The van der Waals surface area contributed by atoms with Crippen molar-refractivity contribution < 1.29 is 0 Å². The highest BCUT2D eigenvalue weighted by Crippen LogP contribution is 2.35. The molecule has 0 heteroatoms. The summed E-state index contributed by atoms with van der Waals surface area (Å²) in [6, 6.07) is 0. The number of hydrogen-bond donors (Lipinski definition) is 0. The van der Waals surface area contributed by atoms with Gasteiger partial charge >= 0.3 is 0 Å². The van der Waals surface area contributed by atoms with Crippen molar-refractivity contribution in [2.45, 2.75) is 133 Å². The number of unbranched alkanes of at least 4 members (excludes halogenated alkanes) is 2. The molecule has 0 fully saturated rings. The fraction of sp³-hybridized carbons (Fsp3) is 1.00. The molecule has 0 aromatic heterocycles. The molecule has 0 nitrogen and oxygen atoms in total. The van der Waals surface area contributed by atoms with Crippen LogP contribution < -0.4 is 0 Å². The highest BCUT2D eigenvalue weighted by atomic mass is 14.3. The van der Waals surface area contributed by atoms with Crippen LogP contribution in [0, 0.1) is 41.4 Å². The first-order valence-electron chi connectivity index (χ1n) is 12.8. The van der Waals surface area contributed by atoms with E-state index in [1.165, 1.54) is 70.6 Å². The van der Waals surface area contributed by atoms with Gasteiger partial charge in [0.05, 0.1) is 0 Å². The summed E-state index contributed by atoms with van der Waals surface area (Å²) in [6.07, 6.45) is 15.6. The molecule has 0 saturated heterocycles. The lowest BCUT2D eigenvalue weighted by Gasteiger charge is -2.32. The van der Waals surface area contributed by atoms with Crippen LogP contribution in [0.25, 0.3) is 0 Å². The minimum Gasteiger partial charge on any atom is -0.0654 e. The molecule has 0 heterocycles. The molecule has 164 valence electrons. The lowest BCUT2D eigenvalue weighted by Crippen LogP contribution is -2.23. The van der Waals surface area contributed by atoms with Crippen LogP contribution in [0.2, 0.25) is 0 Å². The van der Waals surface area contributed by atoms with Crippen LogP contribution in [0.3, 0.4) is 0 Å². The Labute approximate surface area is 174 Å². The molecule has 0 saturated carbocycles. The second-order valence-corrected chi connectivity index (χ2v) is 10.5. The Kier molecular flexibility index (Phi) is 15.9. The first-order chi connectivity index (χ1) is 12.8. The highest BCUT2D eigenvalue weighted by molar-refractivity contribution is 4.75. The van der Waals surface area contributed by atoms with Crippen molar-refractivity contribution in [2.24, 2.45) is 41.4 Å². The van der Waals surface area contributed by atoms with Gasteiger partial charge in [-0.3, -0.25) is 0 Å². The van der Waals surface area contributed by atoms with E-state index in [0.717, 1.165) is 41.4 Å². The minimum atomic E-state index is 0.839. The quantitative estimate of drug-likeness (QED) is 0.220. The zero-order valence-corrected chi connectivity index (χ0v) is 20.8. The molecule has 0 aromatic carbocycles. The van der Waals surface area contributed by atoms with Gasteiger partial charge in [0, 0.05) is 0 Å². The van der Waals surface area contributed by atoms with Crippen molar-refractivity contribution in [3.05, 3.63) is 0 Å². The van der Waals surface area contributed by atoms with E-state index in [1.807, 2.05) is 0 Å². The predicted molar refractivity (Wildman–Crippen MR) is 126 cm³/mol. The largest absolute Gasteiger partial charge is 0.0654 e. The molecule has 6 atom stereocenters. The third kappa shape index (κ3) is 12.2. The van der Waals surface area contributed by atoms with E-state index in [2.05, 4.69) is 62.3 Å². The Bertz CT molecular complexity index is 318. The van der Waals surface area contributed by atoms with Gasteiger partial charge in [0.1, 0.15) is 0 Å². The smallest absolute Gasteiger partial charge is 0.0365 e.